The van der Waals surface area contributed by atoms with Crippen molar-refractivity contribution in [1.82, 2.24) is 25.3 Å². The highest BCUT2D eigenvalue weighted by Crippen LogP contribution is 2.39. The van der Waals surface area contributed by atoms with Gasteiger partial charge in [0.25, 0.3) is 5.91 Å². The third-order valence-corrected chi connectivity index (χ3v) is 6.84. The zero-order chi connectivity index (χ0) is 27.0. The fourth-order valence-electron chi connectivity index (χ4n) is 5.02. The molecule has 3 amide bonds. The Morgan fingerprint density at radius 2 is 2.13 bits per heavy atom. The minimum Gasteiger partial charge on any atom is -0.491 e. The zero-order valence-corrected chi connectivity index (χ0v) is 21.7. The molecule has 1 unspecified atom stereocenters. The summed E-state index contributed by atoms with van der Waals surface area (Å²) in [5.74, 6) is 0.997. The predicted octanol–water partition coefficient (Wildman–Crippen LogP) is 2.29. The largest absolute Gasteiger partial charge is 0.491 e. The molecule has 3 aliphatic heterocycles. The zero-order valence-electron chi connectivity index (χ0n) is 21.7. The molecule has 6 rings (SSSR count). The molecule has 0 saturated carbocycles. The first-order valence-corrected chi connectivity index (χ1v) is 12.9. The van der Waals surface area contributed by atoms with Crippen molar-refractivity contribution in [3.63, 3.8) is 0 Å². The Labute approximate surface area is 224 Å². The molecule has 204 valence electrons. The van der Waals surface area contributed by atoms with Crippen molar-refractivity contribution in [2.75, 3.05) is 41.4 Å². The van der Waals surface area contributed by atoms with E-state index in [-0.39, 0.29) is 36.3 Å². The molecule has 2 fully saturated rings. The van der Waals surface area contributed by atoms with Gasteiger partial charge in [-0.3, -0.25) is 15.0 Å². The number of nitrogens with one attached hydrogen (secondary N) is 3. The molecule has 2 saturated heterocycles. The molecule has 0 aromatic carbocycles. The topological polar surface area (TPSA) is 147 Å². The normalized spacial score (nSPS) is 21.0. The number of hydrogen-bond acceptors (Lipinski definition) is 9. The van der Waals surface area contributed by atoms with Crippen LogP contribution in [0.4, 0.5) is 22.1 Å². The standard InChI is InChI=1S/C26H30N8O5/c1-26(2)38-15-18(39-26)14-37-17-5-7-27-21(11-17)32-25(36)34-16-6-10-33(13-16)20-4-3-19(31-23(20)34)24(35)30-12-22-28-8-9-29-22/h3-5,7-9,11,16,18H,6,10,12-15H2,1-2H3,(H,28,29)(H,30,35)(H,27,32,36)/t16-,18?/m0/s1. The molecule has 13 heteroatoms. The molecule has 0 radical (unpaired) electrons. The van der Waals surface area contributed by atoms with Crippen LogP contribution in [-0.4, -0.2) is 76.1 Å². The Balaban J connectivity index is 1.16. The van der Waals surface area contributed by atoms with Gasteiger partial charge in [0.15, 0.2) is 11.6 Å². The lowest BCUT2D eigenvalue weighted by Crippen LogP contribution is -2.48. The van der Waals surface area contributed by atoms with Crippen molar-refractivity contribution in [2.24, 2.45) is 0 Å². The number of anilines is 3. The summed E-state index contributed by atoms with van der Waals surface area (Å²) >= 11 is 0. The van der Waals surface area contributed by atoms with Crippen LogP contribution in [0.1, 0.15) is 36.6 Å². The fourth-order valence-corrected chi connectivity index (χ4v) is 5.02. The van der Waals surface area contributed by atoms with E-state index >= 15 is 0 Å². The van der Waals surface area contributed by atoms with E-state index in [0.717, 1.165) is 18.7 Å². The maximum atomic E-state index is 13.6. The number of amides is 3. The molecule has 3 aliphatic rings. The van der Waals surface area contributed by atoms with Gasteiger partial charge in [0, 0.05) is 37.7 Å². The highest BCUT2D eigenvalue weighted by Gasteiger charge is 2.40. The summed E-state index contributed by atoms with van der Waals surface area (Å²) in [7, 11) is 0. The number of ether oxygens (including phenoxy) is 3. The van der Waals surface area contributed by atoms with Crippen LogP contribution in [0.3, 0.4) is 0 Å². The van der Waals surface area contributed by atoms with Crippen molar-refractivity contribution in [1.29, 1.82) is 0 Å². The van der Waals surface area contributed by atoms with Gasteiger partial charge in [-0.2, -0.15) is 0 Å². The third kappa shape index (κ3) is 5.36. The average molecular weight is 535 g/mol. The number of fused-ring (bicyclic) bond motifs is 4. The van der Waals surface area contributed by atoms with Crippen LogP contribution in [-0.2, 0) is 16.0 Å². The Hall–Kier alpha value is -4.23. The number of aromatic nitrogens is 4. The van der Waals surface area contributed by atoms with Crippen molar-refractivity contribution in [3.8, 4) is 5.75 Å². The van der Waals surface area contributed by atoms with Gasteiger partial charge < -0.3 is 29.4 Å². The predicted molar refractivity (Wildman–Crippen MR) is 141 cm³/mol. The van der Waals surface area contributed by atoms with E-state index in [1.54, 1.807) is 41.7 Å². The molecule has 3 aromatic heterocycles. The lowest BCUT2D eigenvalue weighted by atomic mass is 10.1. The number of pyridine rings is 2. The van der Waals surface area contributed by atoms with Crippen LogP contribution < -0.4 is 25.2 Å². The summed E-state index contributed by atoms with van der Waals surface area (Å²) in [6.07, 6.45) is 5.49. The smallest absolute Gasteiger partial charge is 0.329 e. The summed E-state index contributed by atoms with van der Waals surface area (Å²) in [5, 5.41) is 5.68. The molecule has 0 aliphatic carbocycles. The van der Waals surface area contributed by atoms with Gasteiger partial charge in [-0.1, -0.05) is 0 Å². The summed E-state index contributed by atoms with van der Waals surface area (Å²) in [4.78, 5) is 46.1. The second-order valence-electron chi connectivity index (χ2n) is 10.1. The van der Waals surface area contributed by atoms with E-state index in [0.29, 0.717) is 43.0 Å². The Kier molecular flexibility index (Phi) is 6.53. The van der Waals surface area contributed by atoms with Crippen molar-refractivity contribution in [2.45, 2.75) is 44.7 Å². The summed E-state index contributed by atoms with van der Waals surface area (Å²) in [5.41, 5.74) is 1.03. The first kappa shape index (κ1) is 25.1. The van der Waals surface area contributed by atoms with Gasteiger partial charge in [0.2, 0.25) is 0 Å². The van der Waals surface area contributed by atoms with Crippen molar-refractivity contribution in [3.05, 3.63) is 54.4 Å². The Morgan fingerprint density at radius 3 is 2.92 bits per heavy atom. The molecule has 2 bridgehead atoms. The van der Waals surface area contributed by atoms with E-state index in [9.17, 15) is 9.59 Å². The van der Waals surface area contributed by atoms with Gasteiger partial charge in [-0.15, -0.1) is 0 Å². The second-order valence-corrected chi connectivity index (χ2v) is 10.1. The molecule has 3 N–H and O–H groups in total. The minimum absolute atomic E-state index is 0.0752. The van der Waals surface area contributed by atoms with Gasteiger partial charge in [-0.05, 0) is 38.5 Å². The number of carbonyl (C=O) groups excluding carboxylic acids is 2. The van der Waals surface area contributed by atoms with E-state index in [2.05, 4.69) is 35.5 Å². The lowest BCUT2D eigenvalue weighted by molar-refractivity contribution is -0.141. The number of imidazole rings is 1. The van der Waals surface area contributed by atoms with Crippen LogP contribution >= 0.6 is 0 Å². The van der Waals surface area contributed by atoms with Crippen LogP contribution in [0.5, 0.6) is 5.75 Å². The van der Waals surface area contributed by atoms with Crippen LogP contribution in [0.2, 0.25) is 0 Å². The molecule has 6 heterocycles. The number of rotatable bonds is 7. The quantitative estimate of drug-likeness (QED) is 0.415. The highest BCUT2D eigenvalue weighted by molar-refractivity contribution is 6.05. The number of nitrogens with zero attached hydrogens (tertiary/aromatic N) is 5. The summed E-state index contributed by atoms with van der Waals surface area (Å²) in [6.45, 7) is 6.23. The molecule has 3 aromatic rings. The van der Waals surface area contributed by atoms with E-state index in [1.807, 2.05) is 19.9 Å². The molecular weight excluding hydrogens is 504 g/mol. The average Bonchev–Trinajstić information content (AvgIpc) is 3.67. The van der Waals surface area contributed by atoms with Gasteiger partial charge in [0.05, 0.1) is 24.9 Å². The first-order chi connectivity index (χ1) is 18.8. The number of hydrogen-bond donors (Lipinski definition) is 3. The minimum atomic E-state index is -0.625. The Morgan fingerprint density at radius 1 is 1.23 bits per heavy atom. The van der Waals surface area contributed by atoms with Gasteiger partial charge >= 0.3 is 6.03 Å². The number of urea groups is 1. The van der Waals surface area contributed by atoms with Gasteiger partial charge in [-0.25, -0.2) is 19.7 Å². The molecular formula is C26H30N8O5. The summed E-state index contributed by atoms with van der Waals surface area (Å²) in [6, 6.07) is 6.45. The van der Waals surface area contributed by atoms with E-state index < -0.39 is 5.79 Å². The number of carbonyl (C=O) groups is 2. The van der Waals surface area contributed by atoms with E-state index in [1.165, 1.54) is 0 Å². The van der Waals surface area contributed by atoms with Gasteiger partial charge in [0.1, 0.15) is 35.8 Å². The third-order valence-electron chi connectivity index (χ3n) is 6.84. The molecule has 13 nitrogen and oxygen atoms in total. The first-order valence-electron chi connectivity index (χ1n) is 12.9. The highest BCUT2D eigenvalue weighted by atomic mass is 16.7. The monoisotopic (exact) mass is 534 g/mol. The molecule has 39 heavy (non-hydrogen) atoms. The lowest BCUT2D eigenvalue weighted by Gasteiger charge is -2.35. The van der Waals surface area contributed by atoms with Crippen molar-refractivity contribution < 1.29 is 23.8 Å². The van der Waals surface area contributed by atoms with Crippen LogP contribution in [0.15, 0.2) is 42.9 Å². The molecule has 0 spiro atoms. The SMILES string of the molecule is CC1(C)OCC(COc2ccnc(NC(=O)N3c4nc(C(=O)NCc5ncc[nH]5)ccc4N4CC[C@H]3C4)c2)O1. The maximum absolute atomic E-state index is 13.6. The number of aromatic amines is 1. The number of H-pyrrole nitrogens is 1. The fraction of sp³-hybridized carbons (Fsp3) is 0.423. The van der Waals surface area contributed by atoms with Crippen LogP contribution in [0, 0.1) is 0 Å². The summed E-state index contributed by atoms with van der Waals surface area (Å²) < 4.78 is 17.2. The Bertz CT molecular complexity index is 1360. The van der Waals surface area contributed by atoms with Crippen molar-refractivity contribution >= 4 is 29.3 Å². The van der Waals surface area contributed by atoms with E-state index in [4.69, 9.17) is 14.2 Å². The van der Waals surface area contributed by atoms with Crippen LogP contribution in [0.25, 0.3) is 0 Å². The second kappa shape index (κ2) is 10.2. The molecule has 2 atom stereocenters. The maximum Gasteiger partial charge on any atom is 0.329 e.